The zero-order valence-corrected chi connectivity index (χ0v) is 20.8. The largest absolute Gasteiger partial charge is 0.375 e. The first-order valence-electron chi connectivity index (χ1n) is 13.1. The van der Waals surface area contributed by atoms with Crippen molar-refractivity contribution in [1.82, 2.24) is 0 Å². The van der Waals surface area contributed by atoms with Crippen molar-refractivity contribution in [2.45, 2.75) is 163 Å². The molecule has 1 unspecified atom stereocenters. The highest BCUT2D eigenvalue weighted by Gasteiger charge is 2.43. The first-order valence-corrected chi connectivity index (χ1v) is 13.1. The fourth-order valence-corrected chi connectivity index (χ4v) is 5.11. The van der Waals surface area contributed by atoms with E-state index >= 15 is 0 Å². The monoisotopic (exact) mass is 396 g/mol. The molecule has 0 heterocycles. The van der Waals surface area contributed by atoms with E-state index in [4.69, 9.17) is 4.74 Å². The maximum Gasteiger partial charge on any atom is 0.0682 e. The summed E-state index contributed by atoms with van der Waals surface area (Å²) >= 11 is 0. The molecule has 0 amide bonds. The van der Waals surface area contributed by atoms with Crippen molar-refractivity contribution in [3.63, 3.8) is 0 Å². The van der Waals surface area contributed by atoms with Crippen LogP contribution in [0.3, 0.4) is 0 Å². The molecular formula is C27H56O. The van der Waals surface area contributed by atoms with Crippen molar-refractivity contribution in [3.8, 4) is 0 Å². The predicted molar refractivity (Wildman–Crippen MR) is 128 cm³/mol. The minimum absolute atomic E-state index is 0.00229. The van der Waals surface area contributed by atoms with Crippen LogP contribution in [0.2, 0.25) is 0 Å². The van der Waals surface area contributed by atoms with Crippen molar-refractivity contribution < 1.29 is 4.74 Å². The van der Waals surface area contributed by atoms with Gasteiger partial charge in [0, 0.05) is 6.61 Å². The predicted octanol–water partition coefficient (Wildman–Crippen LogP) is 9.87. The Morgan fingerprint density at radius 2 is 0.857 bits per heavy atom. The molecule has 28 heavy (non-hydrogen) atoms. The summed E-state index contributed by atoms with van der Waals surface area (Å²) in [5, 5.41) is 0. The summed E-state index contributed by atoms with van der Waals surface area (Å²) in [6, 6.07) is 0. The number of hydrogen-bond acceptors (Lipinski definition) is 1. The Morgan fingerprint density at radius 3 is 1.21 bits per heavy atom. The molecule has 0 aromatic heterocycles. The van der Waals surface area contributed by atoms with Gasteiger partial charge < -0.3 is 4.74 Å². The number of hydrogen-bond donors (Lipinski definition) is 0. The summed E-state index contributed by atoms with van der Waals surface area (Å²) < 4.78 is 6.37. The summed E-state index contributed by atoms with van der Waals surface area (Å²) in [4.78, 5) is 0. The molecule has 1 atom stereocenters. The summed E-state index contributed by atoms with van der Waals surface area (Å²) in [7, 11) is 0. The fraction of sp³-hybridized carbons (Fsp3) is 1.00. The van der Waals surface area contributed by atoms with Crippen molar-refractivity contribution in [2.75, 3.05) is 6.61 Å². The Hall–Kier alpha value is -0.0400. The lowest BCUT2D eigenvalue weighted by molar-refractivity contribution is -0.121. The smallest absolute Gasteiger partial charge is 0.0682 e. The average Bonchev–Trinajstić information content (AvgIpc) is 2.66. The van der Waals surface area contributed by atoms with Gasteiger partial charge >= 0.3 is 0 Å². The molecule has 0 aliphatic carbocycles. The van der Waals surface area contributed by atoms with Gasteiger partial charge in [0.1, 0.15) is 0 Å². The van der Waals surface area contributed by atoms with E-state index in [1.54, 1.807) is 0 Å². The lowest BCUT2D eigenvalue weighted by Crippen LogP contribution is -2.46. The van der Waals surface area contributed by atoms with Gasteiger partial charge in [0.25, 0.3) is 0 Å². The summed E-state index contributed by atoms with van der Waals surface area (Å²) in [5.74, 6) is 0. The summed E-state index contributed by atoms with van der Waals surface area (Å²) in [5.41, 5.74) is 0.368. The second-order valence-electron chi connectivity index (χ2n) is 9.72. The second kappa shape index (κ2) is 17.8. The molecule has 170 valence electrons. The first kappa shape index (κ1) is 28.0. The van der Waals surface area contributed by atoms with E-state index < -0.39 is 0 Å². The zero-order chi connectivity index (χ0) is 21.1. The van der Waals surface area contributed by atoms with Gasteiger partial charge in [0.05, 0.1) is 5.60 Å². The van der Waals surface area contributed by atoms with Crippen molar-refractivity contribution in [3.05, 3.63) is 0 Å². The van der Waals surface area contributed by atoms with Crippen molar-refractivity contribution >= 4 is 0 Å². The molecule has 0 rings (SSSR count). The maximum absolute atomic E-state index is 6.37. The van der Waals surface area contributed by atoms with Crippen LogP contribution in [-0.2, 0) is 4.74 Å². The number of unbranched alkanes of at least 4 members (excludes halogenated alkanes) is 12. The minimum Gasteiger partial charge on any atom is -0.375 e. The molecule has 0 aliphatic heterocycles. The quantitative estimate of drug-likeness (QED) is 0.175. The molecule has 0 aromatic rings. The Morgan fingerprint density at radius 1 is 0.464 bits per heavy atom. The Labute approximate surface area is 179 Å². The zero-order valence-electron chi connectivity index (χ0n) is 20.8. The molecule has 0 bridgehead atoms. The standard InChI is InChI=1S/C27H56O/c1-7-11-13-15-17-18-20-22-25-27(23-9-3,26(5,6)28-10-4)24-21-19-16-14-12-8-2/h7-25H2,1-6H3. The maximum atomic E-state index is 6.37. The third-order valence-electron chi connectivity index (χ3n) is 7.03. The van der Waals surface area contributed by atoms with E-state index in [0.717, 1.165) is 6.61 Å². The van der Waals surface area contributed by atoms with Gasteiger partial charge in [-0.15, -0.1) is 0 Å². The fourth-order valence-electron chi connectivity index (χ4n) is 5.11. The first-order chi connectivity index (χ1) is 13.5. The van der Waals surface area contributed by atoms with Gasteiger partial charge in [-0.1, -0.05) is 117 Å². The van der Waals surface area contributed by atoms with Crippen LogP contribution in [0.5, 0.6) is 0 Å². The second-order valence-corrected chi connectivity index (χ2v) is 9.72. The van der Waals surface area contributed by atoms with E-state index in [1.807, 2.05) is 0 Å². The topological polar surface area (TPSA) is 9.23 Å². The molecule has 1 heteroatoms. The van der Waals surface area contributed by atoms with Gasteiger partial charge in [0.2, 0.25) is 0 Å². The van der Waals surface area contributed by atoms with Crippen LogP contribution < -0.4 is 0 Å². The molecule has 0 radical (unpaired) electrons. The highest BCUT2D eigenvalue weighted by Crippen LogP contribution is 2.47. The van der Waals surface area contributed by atoms with Gasteiger partial charge in [-0.2, -0.15) is 0 Å². The Bertz CT molecular complexity index is 322. The molecule has 0 N–H and O–H groups in total. The van der Waals surface area contributed by atoms with E-state index in [-0.39, 0.29) is 5.60 Å². The Kier molecular flexibility index (Phi) is 17.8. The van der Waals surface area contributed by atoms with E-state index in [2.05, 4.69) is 41.5 Å². The van der Waals surface area contributed by atoms with Crippen LogP contribution in [0, 0.1) is 5.41 Å². The molecule has 0 spiro atoms. The summed E-state index contributed by atoms with van der Waals surface area (Å²) in [6.45, 7) is 14.7. The van der Waals surface area contributed by atoms with Crippen molar-refractivity contribution in [1.29, 1.82) is 0 Å². The van der Waals surface area contributed by atoms with Gasteiger partial charge in [-0.05, 0) is 45.4 Å². The van der Waals surface area contributed by atoms with E-state index in [9.17, 15) is 0 Å². The lowest BCUT2D eigenvalue weighted by Gasteiger charge is -2.47. The average molecular weight is 397 g/mol. The van der Waals surface area contributed by atoms with Crippen LogP contribution in [0.25, 0.3) is 0 Å². The normalized spacial score (nSPS) is 14.4. The third-order valence-corrected chi connectivity index (χ3v) is 7.03. The third kappa shape index (κ3) is 11.8. The van der Waals surface area contributed by atoms with Crippen molar-refractivity contribution in [2.24, 2.45) is 5.41 Å². The minimum atomic E-state index is 0.00229. The molecule has 1 nitrogen and oxygen atoms in total. The molecule has 0 saturated heterocycles. The molecule has 0 aliphatic rings. The molecule has 0 saturated carbocycles. The molecular weight excluding hydrogens is 340 g/mol. The molecule has 0 aromatic carbocycles. The van der Waals surface area contributed by atoms with Gasteiger partial charge in [0.15, 0.2) is 0 Å². The van der Waals surface area contributed by atoms with Crippen LogP contribution in [0.15, 0.2) is 0 Å². The summed E-state index contributed by atoms with van der Waals surface area (Å²) in [6.07, 6.45) is 25.0. The lowest BCUT2D eigenvalue weighted by atomic mass is 9.64. The highest BCUT2D eigenvalue weighted by atomic mass is 16.5. The number of rotatable bonds is 21. The van der Waals surface area contributed by atoms with Crippen LogP contribution >= 0.6 is 0 Å². The molecule has 0 fully saturated rings. The van der Waals surface area contributed by atoms with Gasteiger partial charge in [-0.3, -0.25) is 0 Å². The van der Waals surface area contributed by atoms with Crippen LogP contribution in [0.4, 0.5) is 0 Å². The van der Waals surface area contributed by atoms with E-state index in [0.29, 0.717) is 5.41 Å². The Balaban J connectivity index is 4.62. The highest BCUT2D eigenvalue weighted by molar-refractivity contribution is 4.94. The van der Waals surface area contributed by atoms with Crippen LogP contribution in [0.1, 0.15) is 157 Å². The van der Waals surface area contributed by atoms with Gasteiger partial charge in [-0.25, -0.2) is 0 Å². The van der Waals surface area contributed by atoms with Crippen LogP contribution in [-0.4, -0.2) is 12.2 Å². The SMILES string of the molecule is CCCCCCCCCCC(CCC)(CCCCCCCC)C(C)(C)OCC. The van der Waals surface area contributed by atoms with E-state index in [1.165, 1.54) is 116 Å². The number of ether oxygens (including phenoxy) is 1.